The van der Waals surface area contributed by atoms with E-state index in [1.54, 1.807) is 85.2 Å². The number of amides is 2. The number of nitrogens with two attached hydrogens (primary N) is 1. The Kier molecular flexibility index (Phi) is 21.2. The quantitative estimate of drug-likeness (QED) is 0.0435. The third-order valence-corrected chi connectivity index (χ3v) is 18.4. The van der Waals surface area contributed by atoms with Gasteiger partial charge in [0.15, 0.2) is 11.3 Å². The summed E-state index contributed by atoms with van der Waals surface area (Å²) in [7, 11) is 3.26. The Bertz CT molecular complexity index is 6210. The van der Waals surface area contributed by atoms with E-state index >= 15 is 0 Å². The van der Waals surface area contributed by atoms with Gasteiger partial charge < -0.3 is 60.1 Å². The Balaban J connectivity index is 0.000000141. The molecule has 556 valence electrons. The van der Waals surface area contributed by atoms with Crippen molar-refractivity contribution in [2.24, 2.45) is 12.8 Å². The molecule has 1 saturated heterocycles. The van der Waals surface area contributed by atoms with Crippen LogP contribution in [0.5, 0.6) is 34.9 Å². The Morgan fingerprint density at radius 1 is 0.460 bits per heavy atom. The van der Waals surface area contributed by atoms with Gasteiger partial charge in [-0.15, -0.1) is 0 Å². The number of pyridine rings is 2. The van der Waals surface area contributed by atoms with Crippen LogP contribution in [0.1, 0.15) is 87.8 Å². The minimum Gasteiger partial charge on any atom is -0.464 e. The monoisotopic (exact) mass is 1500 g/mol. The maximum absolute atomic E-state index is 12.5. The van der Waals surface area contributed by atoms with Crippen LogP contribution in [0, 0.1) is 75.5 Å². The number of likely N-dealkylation sites (tertiary alicyclic amines) is 1. The van der Waals surface area contributed by atoms with Gasteiger partial charge in [0, 0.05) is 72.5 Å². The minimum atomic E-state index is -0.569. The normalized spacial score (nSPS) is 11.4. The highest BCUT2D eigenvalue weighted by Gasteiger charge is 2.24. The second-order valence-electron chi connectivity index (χ2n) is 26.4. The highest BCUT2D eigenvalue weighted by Crippen LogP contribution is 2.40. The Labute approximate surface area is 646 Å². The van der Waals surface area contributed by atoms with Crippen LogP contribution in [0.3, 0.4) is 0 Å². The highest BCUT2D eigenvalue weighted by molar-refractivity contribution is 5.95. The number of aromatic nitrogens is 13. The van der Waals surface area contributed by atoms with E-state index in [2.05, 4.69) is 101 Å². The van der Waals surface area contributed by atoms with Crippen molar-refractivity contribution >= 4 is 86.1 Å². The van der Waals surface area contributed by atoms with Gasteiger partial charge in [-0.2, -0.15) is 40.7 Å². The molecule has 16 rings (SSSR count). The minimum absolute atomic E-state index is 0.0961. The number of carbonyl (C=O) groups is 3. The van der Waals surface area contributed by atoms with Crippen LogP contribution in [-0.4, -0.2) is 107 Å². The van der Waals surface area contributed by atoms with E-state index in [-0.39, 0.29) is 17.3 Å². The van der Waals surface area contributed by atoms with Crippen molar-refractivity contribution in [2.45, 2.75) is 48.0 Å². The van der Waals surface area contributed by atoms with Gasteiger partial charge in [-0.3, -0.25) is 14.6 Å². The first-order valence-electron chi connectivity index (χ1n) is 35.4. The molecule has 1 aliphatic rings. The summed E-state index contributed by atoms with van der Waals surface area (Å²) in [6.45, 7) is 13.5. The lowest BCUT2D eigenvalue weighted by atomic mass is 9.98. The Hall–Kier alpha value is -15.8. The zero-order valence-electron chi connectivity index (χ0n) is 62.2. The van der Waals surface area contributed by atoms with Crippen LogP contribution < -0.4 is 35.9 Å². The van der Waals surface area contributed by atoms with Gasteiger partial charge in [-0.25, -0.2) is 24.7 Å². The third kappa shape index (κ3) is 16.6. The van der Waals surface area contributed by atoms with Crippen molar-refractivity contribution in [2.75, 3.05) is 36.1 Å². The summed E-state index contributed by atoms with van der Waals surface area (Å²) in [6.07, 6.45) is 9.33. The number of anilines is 6. The number of methoxy groups -OCH3 is 1. The van der Waals surface area contributed by atoms with E-state index in [9.17, 15) is 14.4 Å². The number of carbonyl (C=O) groups excluding carboxylic acids is 3. The van der Waals surface area contributed by atoms with Gasteiger partial charge in [0.25, 0.3) is 23.6 Å². The first-order chi connectivity index (χ1) is 54.7. The number of imidazole rings is 2. The predicted octanol–water partition coefficient (Wildman–Crippen LogP) is 16.3. The fraction of sp³-hybridized carbons (Fsp3) is 0.129. The number of aromatic amines is 2. The lowest BCUT2D eigenvalue weighted by molar-refractivity contribution is 0.0593. The molecule has 113 heavy (non-hydrogen) atoms. The number of H-pyrrole nitrogens is 2. The second kappa shape index (κ2) is 32.4. The van der Waals surface area contributed by atoms with Crippen LogP contribution in [0.25, 0.3) is 66.7 Å². The molecule has 0 radical (unpaired) electrons. The number of primary amides is 1. The van der Waals surface area contributed by atoms with Crippen LogP contribution in [0.2, 0.25) is 0 Å². The number of rotatable bonds is 18. The van der Waals surface area contributed by atoms with Crippen LogP contribution in [-0.2, 0) is 11.8 Å². The van der Waals surface area contributed by atoms with Crippen molar-refractivity contribution in [1.82, 2.24) is 69.3 Å². The molecule has 28 nitrogen and oxygen atoms in total. The molecule has 9 heterocycles. The molecule has 0 spiro atoms. The molecule has 7 N–H and O–H groups in total. The number of ether oxygens (including phenoxy) is 4. The SMILES string of the molecule is COC(=O)c1ccc(-c2cc(C)c(Oc3nc(Nc4ccc(C#N)cc4)nc4nc[nH]c34)c(C)c2)cn1.Cc1cc(-c2ccc(C(=O)N3CCC3)cc2)cc(C)c1Oc1nc(Nc2ccc(C#N)cc2)nc2ccn(C)c12.Cc1cc(-c2ccc(C(N)=O)nc2)cc(C)c1Oc1nc(Nc2ccc(C#N)cc2)nc2nc[nH]c12. The fourth-order valence-electron chi connectivity index (χ4n) is 12.6. The topological polar surface area (TPSA) is 390 Å². The molecule has 1 fully saturated rings. The number of nitrogens with zero attached hydrogens (tertiary/aromatic N) is 15. The van der Waals surface area contributed by atoms with Gasteiger partial charge >= 0.3 is 5.97 Å². The lowest BCUT2D eigenvalue weighted by Crippen LogP contribution is -2.41. The molecule has 2 amide bonds. The summed E-state index contributed by atoms with van der Waals surface area (Å²) in [5, 5.41) is 36.6. The number of nitriles is 3. The number of benzene rings is 7. The Morgan fingerprint density at radius 2 is 0.850 bits per heavy atom. The maximum Gasteiger partial charge on any atom is 0.356 e. The van der Waals surface area contributed by atoms with E-state index in [1.165, 1.54) is 19.8 Å². The molecule has 0 bridgehead atoms. The summed E-state index contributed by atoms with van der Waals surface area (Å²) in [4.78, 5) is 87.7. The van der Waals surface area contributed by atoms with E-state index < -0.39 is 11.9 Å². The van der Waals surface area contributed by atoms with E-state index in [1.807, 2.05) is 143 Å². The van der Waals surface area contributed by atoms with Crippen molar-refractivity contribution in [3.63, 3.8) is 0 Å². The molecular weight excluding hydrogens is 1430 g/mol. The molecule has 15 aromatic rings. The number of fused-ring (bicyclic) bond motifs is 3. The largest absolute Gasteiger partial charge is 0.464 e. The van der Waals surface area contributed by atoms with Gasteiger partial charge in [-0.1, -0.05) is 24.3 Å². The molecule has 28 heteroatoms. The molecule has 7 aromatic carbocycles. The van der Waals surface area contributed by atoms with Crippen molar-refractivity contribution in [3.05, 3.63) is 262 Å². The summed E-state index contributed by atoms with van der Waals surface area (Å²) in [5.74, 6) is 3.19. The molecular formula is C85H69N21O7. The van der Waals surface area contributed by atoms with Gasteiger partial charge in [0.1, 0.15) is 45.2 Å². The number of esters is 1. The van der Waals surface area contributed by atoms with Gasteiger partial charge in [0.2, 0.25) is 23.7 Å². The summed E-state index contributed by atoms with van der Waals surface area (Å²) in [5.41, 5.74) is 25.1. The second-order valence-corrected chi connectivity index (χ2v) is 26.4. The molecule has 1 aliphatic heterocycles. The van der Waals surface area contributed by atoms with Crippen molar-refractivity contribution in [1.29, 1.82) is 15.8 Å². The first kappa shape index (κ1) is 74.1. The van der Waals surface area contributed by atoms with Crippen LogP contribution in [0.15, 0.2) is 195 Å². The highest BCUT2D eigenvalue weighted by atomic mass is 16.5. The number of hydrogen-bond acceptors (Lipinski definition) is 23. The third-order valence-electron chi connectivity index (χ3n) is 18.4. The average molecular weight is 1500 g/mol. The summed E-state index contributed by atoms with van der Waals surface area (Å²) >= 11 is 0. The van der Waals surface area contributed by atoms with E-state index in [0.29, 0.717) is 86.0 Å². The van der Waals surface area contributed by atoms with Gasteiger partial charge in [-0.05, 0) is 243 Å². The van der Waals surface area contributed by atoms with E-state index in [0.717, 1.165) is 126 Å². The van der Waals surface area contributed by atoms with Crippen LogP contribution in [0.4, 0.5) is 34.9 Å². The first-order valence-corrected chi connectivity index (χ1v) is 35.4. The van der Waals surface area contributed by atoms with Crippen LogP contribution >= 0.6 is 0 Å². The predicted molar refractivity (Wildman–Crippen MR) is 425 cm³/mol. The zero-order chi connectivity index (χ0) is 79.0. The van der Waals surface area contributed by atoms with E-state index in [4.69, 9.17) is 45.5 Å². The lowest BCUT2D eigenvalue weighted by Gasteiger charge is -2.30. The molecule has 0 unspecified atom stereocenters. The number of hydrogen-bond donors (Lipinski definition) is 6. The average Bonchev–Trinajstić information content (AvgIpc) is 1.70. The number of nitrogens with one attached hydrogen (secondary N) is 5. The maximum atomic E-state index is 12.5. The van der Waals surface area contributed by atoms with Gasteiger partial charge in [0.05, 0.1) is 60.2 Å². The smallest absolute Gasteiger partial charge is 0.356 e. The number of aryl methyl sites for hydroxylation is 7. The molecule has 0 saturated carbocycles. The summed E-state index contributed by atoms with van der Waals surface area (Å²) in [6, 6.07) is 56.1. The zero-order valence-corrected chi connectivity index (χ0v) is 62.2. The molecule has 0 aliphatic carbocycles. The van der Waals surface area contributed by atoms with Crippen molar-refractivity contribution < 1.29 is 33.3 Å². The summed E-state index contributed by atoms with van der Waals surface area (Å²) < 4.78 is 25.7. The fourth-order valence-corrected chi connectivity index (χ4v) is 12.6. The Morgan fingerprint density at radius 3 is 1.23 bits per heavy atom. The molecule has 8 aromatic heterocycles. The molecule has 0 atom stereocenters. The standard InChI is InChI=1S/C32H28N6O2.C27H21N7O3.C26H20N8O2/c1-20-17-25(23-7-9-24(10-8-23)31(39)38-14-4-15-38)18-21(2)29(20)40-30-28-27(13-16-37(28)3)35-32(36-30)34-26-11-5-22(19-33)6-12-26;1-15-10-19(18-6-9-21(29-13-18)26(35)36-3)11-16(2)23(15)37-25-22-24(31-14-30-22)33-27(34-25)32-20-7-4-17(12-28)5-8-20;1-14-9-18(17-5-8-20(23(28)35)29-12-17)10-15(2)22(14)36-25-21-24(31-13-30-21)33-26(34-25)32-19-6-3-16(11-27)4-7-19/h5-13,16-18H,4,14-15H2,1-3H3,(H,34,35,36);4-11,13-14H,1-3H3,(H2,30,31,32,33,34);3-10,12-13H,1-2H3,(H2,28,35)(H2,30,31,32,33,34). The van der Waals surface area contributed by atoms with Crippen molar-refractivity contribution in [3.8, 4) is 86.5 Å².